The molecule has 3 rings (SSSR count). The maximum atomic E-state index is 12.7. The third-order valence-electron chi connectivity index (χ3n) is 4.15. The van der Waals surface area contributed by atoms with Gasteiger partial charge in [0.25, 0.3) is 5.91 Å². The Hall–Kier alpha value is -2.86. The van der Waals surface area contributed by atoms with Crippen molar-refractivity contribution in [3.05, 3.63) is 71.0 Å². The predicted molar refractivity (Wildman–Crippen MR) is 105 cm³/mol. The van der Waals surface area contributed by atoms with Crippen LogP contribution in [0, 0.1) is 6.92 Å². The van der Waals surface area contributed by atoms with Crippen LogP contribution < -0.4 is 4.74 Å². The van der Waals surface area contributed by atoms with Gasteiger partial charge in [-0.2, -0.15) is 0 Å². The molecule has 0 unspecified atom stereocenters. The van der Waals surface area contributed by atoms with Crippen LogP contribution in [-0.2, 0) is 0 Å². The molecule has 0 radical (unpaired) electrons. The molecule has 2 aromatic carbocycles. The summed E-state index contributed by atoms with van der Waals surface area (Å²) in [5.74, 6) is 0.660. The van der Waals surface area contributed by atoms with Crippen LogP contribution in [0.15, 0.2) is 54.6 Å². The van der Waals surface area contributed by atoms with E-state index in [-0.39, 0.29) is 5.91 Å². The van der Waals surface area contributed by atoms with Crippen LogP contribution in [0.4, 0.5) is 0 Å². The van der Waals surface area contributed by atoms with E-state index >= 15 is 0 Å². The number of benzene rings is 2. The summed E-state index contributed by atoms with van der Waals surface area (Å²) in [6.45, 7) is 2.92. The number of para-hydroxylation sites is 1. The van der Waals surface area contributed by atoms with Crippen LogP contribution >= 0.6 is 11.6 Å². The van der Waals surface area contributed by atoms with E-state index in [0.717, 1.165) is 17.9 Å². The number of nitrogens with zero attached hydrogens (tertiary/aromatic N) is 4. The monoisotopic (exact) mass is 384 g/mol. The highest BCUT2D eigenvalue weighted by atomic mass is 35.5. The first-order valence-corrected chi connectivity index (χ1v) is 9.05. The van der Waals surface area contributed by atoms with Crippen LogP contribution in [0.3, 0.4) is 0 Å². The molecule has 0 saturated carbocycles. The molecule has 0 saturated heterocycles. The maximum absolute atomic E-state index is 12.7. The fourth-order valence-corrected chi connectivity index (χ4v) is 2.86. The van der Waals surface area contributed by atoms with Crippen LogP contribution in [0.2, 0.25) is 5.02 Å². The standard InChI is InChI=1S/C20H21ClN4O2/c1-15-19(22-23-25(15)17-9-6-8-16(21)14-17)20(26)24(2)12-7-13-27-18-10-4-3-5-11-18/h3-6,8-11,14H,7,12-13H2,1-2H3. The highest BCUT2D eigenvalue weighted by Crippen LogP contribution is 2.17. The molecule has 0 atom stereocenters. The number of ether oxygens (including phenoxy) is 1. The van der Waals surface area contributed by atoms with Gasteiger partial charge in [-0.15, -0.1) is 5.10 Å². The summed E-state index contributed by atoms with van der Waals surface area (Å²) in [4.78, 5) is 14.3. The van der Waals surface area contributed by atoms with Gasteiger partial charge < -0.3 is 9.64 Å². The Morgan fingerprint density at radius 3 is 2.70 bits per heavy atom. The highest BCUT2D eigenvalue weighted by Gasteiger charge is 2.20. The van der Waals surface area contributed by atoms with Crippen molar-refractivity contribution in [3.63, 3.8) is 0 Å². The molecule has 1 heterocycles. The van der Waals surface area contributed by atoms with Crippen LogP contribution in [-0.4, -0.2) is 46.0 Å². The molecule has 6 nitrogen and oxygen atoms in total. The zero-order chi connectivity index (χ0) is 19.2. The van der Waals surface area contributed by atoms with Crippen molar-refractivity contribution in [3.8, 4) is 11.4 Å². The second-order valence-corrected chi connectivity index (χ2v) is 6.59. The van der Waals surface area contributed by atoms with Gasteiger partial charge in [0.2, 0.25) is 0 Å². The van der Waals surface area contributed by atoms with Gasteiger partial charge in [-0.1, -0.05) is 41.1 Å². The third-order valence-corrected chi connectivity index (χ3v) is 4.38. The van der Waals surface area contributed by atoms with Gasteiger partial charge in [0.1, 0.15) is 5.75 Å². The van der Waals surface area contributed by atoms with Crippen molar-refractivity contribution in [1.29, 1.82) is 0 Å². The Kier molecular flexibility index (Phi) is 6.08. The normalized spacial score (nSPS) is 10.6. The van der Waals surface area contributed by atoms with E-state index < -0.39 is 0 Å². The zero-order valence-corrected chi connectivity index (χ0v) is 16.1. The Morgan fingerprint density at radius 1 is 1.19 bits per heavy atom. The summed E-state index contributed by atoms with van der Waals surface area (Å²) in [6.07, 6.45) is 0.721. The second-order valence-electron chi connectivity index (χ2n) is 6.16. The number of hydrogen-bond acceptors (Lipinski definition) is 4. The lowest BCUT2D eigenvalue weighted by molar-refractivity contribution is 0.0781. The molecule has 0 aliphatic rings. The minimum Gasteiger partial charge on any atom is -0.494 e. The molecule has 1 amide bonds. The molecule has 7 heteroatoms. The van der Waals surface area contributed by atoms with Gasteiger partial charge in [-0.05, 0) is 43.7 Å². The highest BCUT2D eigenvalue weighted by molar-refractivity contribution is 6.30. The average Bonchev–Trinajstić information content (AvgIpc) is 3.06. The van der Waals surface area contributed by atoms with Crippen molar-refractivity contribution in [1.82, 2.24) is 19.9 Å². The van der Waals surface area contributed by atoms with E-state index in [2.05, 4.69) is 10.3 Å². The summed E-state index contributed by atoms with van der Waals surface area (Å²) in [6, 6.07) is 16.9. The third kappa shape index (κ3) is 4.65. The number of carbonyl (C=O) groups is 1. The van der Waals surface area contributed by atoms with Gasteiger partial charge in [0.05, 0.1) is 18.0 Å². The van der Waals surface area contributed by atoms with Crippen molar-refractivity contribution in [2.45, 2.75) is 13.3 Å². The molecule has 0 fully saturated rings. The summed E-state index contributed by atoms with van der Waals surface area (Å²) < 4.78 is 7.27. The quantitative estimate of drug-likeness (QED) is 0.582. The molecular weight excluding hydrogens is 364 g/mol. The van der Waals surface area contributed by atoms with E-state index in [0.29, 0.717) is 29.6 Å². The Balaban J connectivity index is 1.58. The number of aromatic nitrogens is 3. The molecule has 1 aromatic heterocycles. The first-order valence-electron chi connectivity index (χ1n) is 8.68. The summed E-state index contributed by atoms with van der Waals surface area (Å²) in [7, 11) is 1.75. The number of amides is 1. The molecular formula is C20H21ClN4O2. The number of halogens is 1. The van der Waals surface area contributed by atoms with E-state index in [1.54, 1.807) is 28.8 Å². The van der Waals surface area contributed by atoms with Crippen molar-refractivity contribution < 1.29 is 9.53 Å². The van der Waals surface area contributed by atoms with Gasteiger partial charge in [-0.3, -0.25) is 4.79 Å². The largest absolute Gasteiger partial charge is 0.494 e. The molecule has 0 bridgehead atoms. The second kappa shape index (κ2) is 8.68. The van der Waals surface area contributed by atoms with Gasteiger partial charge in [0.15, 0.2) is 5.69 Å². The fourth-order valence-electron chi connectivity index (χ4n) is 2.67. The zero-order valence-electron chi connectivity index (χ0n) is 15.3. The Bertz CT molecular complexity index is 911. The van der Waals surface area contributed by atoms with Crippen LogP contribution in [0.5, 0.6) is 5.75 Å². The minimum absolute atomic E-state index is 0.166. The SMILES string of the molecule is Cc1c(C(=O)N(C)CCCOc2ccccc2)nnn1-c1cccc(Cl)c1. The van der Waals surface area contributed by atoms with E-state index in [1.807, 2.05) is 49.4 Å². The molecule has 3 aromatic rings. The molecule has 0 spiro atoms. The van der Waals surface area contributed by atoms with Crippen molar-refractivity contribution in [2.75, 3.05) is 20.2 Å². The van der Waals surface area contributed by atoms with Crippen molar-refractivity contribution >= 4 is 17.5 Å². The Morgan fingerprint density at radius 2 is 1.96 bits per heavy atom. The summed E-state index contributed by atoms with van der Waals surface area (Å²) in [5, 5.41) is 8.77. The van der Waals surface area contributed by atoms with Gasteiger partial charge in [-0.25, -0.2) is 4.68 Å². The first kappa shape index (κ1) is 18.9. The number of carbonyl (C=O) groups excluding carboxylic acids is 1. The van der Waals surface area contributed by atoms with E-state index in [4.69, 9.17) is 16.3 Å². The molecule has 27 heavy (non-hydrogen) atoms. The van der Waals surface area contributed by atoms with E-state index in [9.17, 15) is 4.79 Å². The predicted octanol–water partition coefficient (Wildman–Crippen LogP) is 3.77. The van der Waals surface area contributed by atoms with Crippen molar-refractivity contribution in [2.24, 2.45) is 0 Å². The lowest BCUT2D eigenvalue weighted by atomic mass is 10.2. The summed E-state index contributed by atoms with van der Waals surface area (Å²) in [5.41, 5.74) is 1.78. The number of hydrogen-bond donors (Lipinski definition) is 0. The number of rotatable bonds is 7. The summed E-state index contributed by atoms with van der Waals surface area (Å²) >= 11 is 6.03. The Labute approximate surface area is 163 Å². The minimum atomic E-state index is -0.166. The van der Waals surface area contributed by atoms with Gasteiger partial charge in [0, 0.05) is 18.6 Å². The molecule has 0 N–H and O–H groups in total. The maximum Gasteiger partial charge on any atom is 0.276 e. The fraction of sp³-hybridized carbons (Fsp3) is 0.250. The van der Waals surface area contributed by atoms with E-state index in [1.165, 1.54) is 0 Å². The topological polar surface area (TPSA) is 60.3 Å². The molecule has 140 valence electrons. The van der Waals surface area contributed by atoms with Crippen LogP contribution in [0.1, 0.15) is 22.6 Å². The lowest BCUT2D eigenvalue weighted by Crippen LogP contribution is -2.29. The smallest absolute Gasteiger partial charge is 0.276 e. The lowest BCUT2D eigenvalue weighted by Gasteiger charge is -2.16. The molecule has 0 aliphatic carbocycles. The average molecular weight is 385 g/mol. The van der Waals surface area contributed by atoms with Crippen LogP contribution in [0.25, 0.3) is 5.69 Å². The van der Waals surface area contributed by atoms with Gasteiger partial charge >= 0.3 is 0 Å². The molecule has 0 aliphatic heterocycles. The first-order chi connectivity index (χ1) is 13.1.